The molecule has 2 amide bonds. The van der Waals surface area contributed by atoms with Gasteiger partial charge in [0.2, 0.25) is 5.91 Å². The summed E-state index contributed by atoms with van der Waals surface area (Å²) in [5.41, 5.74) is 1.51. The number of carbonyl (C=O) groups is 2. The Morgan fingerprint density at radius 1 is 1.29 bits per heavy atom. The summed E-state index contributed by atoms with van der Waals surface area (Å²) < 4.78 is 1.69. The van der Waals surface area contributed by atoms with Crippen LogP contribution in [0.3, 0.4) is 0 Å². The fraction of sp³-hybridized carbons (Fsp3) is 0.542. The van der Waals surface area contributed by atoms with Crippen LogP contribution >= 0.6 is 11.6 Å². The molecule has 1 N–H and O–H groups in total. The lowest BCUT2D eigenvalue weighted by molar-refractivity contribution is -0.126. The summed E-state index contributed by atoms with van der Waals surface area (Å²) in [4.78, 5) is 28.8. The number of hydrogen-bond acceptors (Lipinski definition) is 3. The molecule has 7 heteroatoms. The third kappa shape index (κ3) is 4.49. The van der Waals surface area contributed by atoms with Crippen LogP contribution in [0.1, 0.15) is 69.7 Å². The van der Waals surface area contributed by atoms with Crippen LogP contribution in [0.5, 0.6) is 0 Å². The number of rotatable bonds is 5. The number of carbonyl (C=O) groups excluding carboxylic acids is 2. The van der Waals surface area contributed by atoms with E-state index in [0.29, 0.717) is 28.9 Å². The van der Waals surface area contributed by atoms with Crippen molar-refractivity contribution < 1.29 is 9.59 Å². The number of nitrogens with zero attached hydrogens (tertiary/aromatic N) is 3. The lowest BCUT2D eigenvalue weighted by Crippen LogP contribution is -2.64. The Morgan fingerprint density at radius 3 is 2.55 bits per heavy atom. The maximum atomic E-state index is 13.7. The monoisotopic (exact) mass is 444 g/mol. The fourth-order valence-corrected chi connectivity index (χ4v) is 4.09. The number of halogens is 1. The molecule has 0 radical (unpaired) electrons. The van der Waals surface area contributed by atoms with Crippen molar-refractivity contribution in [3.05, 3.63) is 46.2 Å². The molecule has 1 aromatic carbocycles. The highest BCUT2D eigenvalue weighted by molar-refractivity contribution is 6.30. The van der Waals surface area contributed by atoms with Crippen LogP contribution in [-0.4, -0.2) is 33.7 Å². The van der Waals surface area contributed by atoms with Crippen LogP contribution in [0.4, 0.5) is 5.69 Å². The molecule has 0 bridgehead atoms. The van der Waals surface area contributed by atoms with Crippen molar-refractivity contribution in [1.29, 1.82) is 0 Å². The first kappa shape index (κ1) is 23.3. The largest absolute Gasteiger partial charge is 0.354 e. The molecule has 2 aromatic rings. The standard InChI is InChI=1S/C24H33ClN4O2/c1-15(2)10-11-26-22(31)24(7)14-28-19(13-20(27-28)23(4,5)6)21(30)29(24)18-9-8-17(25)12-16(18)3/h8-9,12-13,15H,10-11,14H2,1-7H3,(H,26,31)/t24-/m0/s1. The molecule has 0 saturated heterocycles. The van der Waals surface area contributed by atoms with Crippen LogP contribution < -0.4 is 10.2 Å². The number of amides is 2. The van der Waals surface area contributed by atoms with Gasteiger partial charge in [0.15, 0.2) is 0 Å². The van der Waals surface area contributed by atoms with Crippen molar-refractivity contribution in [2.24, 2.45) is 5.92 Å². The van der Waals surface area contributed by atoms with Gasteiger partial charge in [0.05, 0.1) is 12.2 Å². The quantitative estimate of drug-likeness (QED) is 0.725. The Bertz CT molecular complexity index is 1010. The molecule has 6 nitrogen and oxygen atoms in total. The van der Waals surface area contributed by atoms with Crippen LogP contribution in [0.25, 0.3) is 0 Å². The summed E-state index contributed by atoms with van der Waals surface area (Å²) in [6, 6.07) is 7.22. The van der Waals surface area contributed by atoms with Gasteiger partial charge in [-0.25, -0.2) is 0 Å². The molecule has 1 aromatic heterocycles. The van der Waals surface area contributed by atoms with E-state index in [9.17, 15) is 9.59 Å². The normalized spacial score (nSPS) is 19.0. The summed E-state index contributed by atoms with van der Waals surface area (Å²) in [5, 5.41) is 8.33. The van der Waals surface area contributed by atoms with Gasteiger partial charge in [0.1, 0.15) is 11.2 Å². The zero-order chi connectivity index (χ0) is 23.1. The zero-order valence-corrected chi connectivity index (χ0v) is 20.3. The molecule has 0 saturated carbocycles. The first-order chi connectivity index (χ1) is 14.3. The van der Waals surface area contributed by atoms with Gasteiger partial charge in [-0.3, -0.25) is 19.2 Å². The third-order valence-corrected chi connectivity index (χ3v) is 6.05. The van der Waals surface area contributed by atoms with Gasteiger partial charge in [-0.15, -0.1) is 0 Å². The van der Waals surface area contributed by atoms with Crippen molar-refractivity contribution in [2.45, 2.75) is 72.4 Å². The molecule has 1 atom stereocenters. The van der Waals surface area contributed by atoms with E-state index in [-0.39, 0.29) is 23.8 Å². The van der Waals surface area contributed by atoms with E-state index in [1.54, 1.807) is 15.6 Å². The molecule has 0 unspecified atom stereocenters. The van der Waals surface area contributed by atoms with Gasteiger partial charge < -0.3 is 5.32 Å². The average molecular weight is 445 g/mol. The molecular weight excluding hydrogens is 412 g/mol. The summed E-state index contributed by atoms with van der Waals surface area (Å²) in [7, 11) is 0. The molecule has 2 heterocycles. The van der Waals surface area contributed by atoms with Crippen molar-refractivity contribution >= 4 is 29.1 Å². The van der Waals surface area contributed by atoms with Gasteiger partial charge in [-0.1, -0.05) is 46.2 Å². The minimum atomic E-state index is -1.12. The Hall–Kier alpha value is -2.34. The highest BCUT2D eigenvalue weighted by atomic mass is 35.5. The van der Waals surface area contributed by atoms with E-state index in [4.69, 9.17) is 16.7 Å². The molecule has 168 valence electrons. The number of fused-ring (bicyclic) bond motifs is 1. The average Bonchev–Trinajstić information content (AvgIpc) is 3.07. The van der Waals surface area contributed by atoms with Gasteiger partial charge in [-0.2, -0.15) is 5.10 Å². The van der Waals surface area contributed by atoms with Crippen molar-refractivity contribution in [3.63, 3.8) is 0 Å². The van der Waals surface area contributed by atoms with Gasteiger partial charge >= 0.3 is 0 Å². The minimum absolute atomic E-state index is 0.186. The van der Waals surface area contributed by atoms with Gasteiger partial charge in [0, 0.05) is 22.7 Å². The van der Waals surface area contributed by atoms with E-state index in [0.717, 1.165) is 17.7 Å². The van der Waals surface area contributed by atoms with Crippen LogP contribution in [-0.2, 0) is 16.8 Å². The smallest absolute Gasteiger partial charge is 0.277 e. The predicted molar refractivity (Wildman–Crippen MR) is 125 cm³/mol. The van der Waals surface area contributed by atoms with Crippen molar-refractivity contribution in [3.8, 4) is 0 Å². The second kappa shape index (κ2) is 8.30. The third-order valence-electron chi connectivity index (χ3n) is 5.82. The first-order valence-electron chi connectivity index (χ1n) is 10.8. The Morgan fingerprint density at radius 2 is 1.97 bits per heavy atom. The van der Waals surface area contributed by atoms with Gasteiger partial charge in [-0.05, 0) is 56.0 Å². The maximum absolute atomic E-state index is 13.7. The summed E-state index contributed by atoms with van der Waals surface area (Å²) in [6.07, 6.45) is 0.872. The molecule has 0 aliphatic carbocycles. The lowest BCUT2D eigenvalue weighted by Gasteiger charge is -2.43. The van der Waals surface area contributed by atoms with Crippen LogP contribution in [0, 0.1) is 12.8 Å². The summed E-state index contributed by atoms with van der Waals surface area (Å²) >= 11 is 6.16. The maximum Gasteiger partial charge on any atom is 0.277 e. The first-order valence-corrected chi connectivity index (χ1v) is 11.2. The highest BCUT2D eigenvalue weighted by Crippen LogP contribution is 2.36. The number of aromatic nitrogens is 2. The van der Waals surface area contributed by atoms with Gasteiger partial charge in [0.25, 0.3) is 5.91 Å². The molecule has 1 aliphatic rings. The summed E-state index contributed by atoms with van der Waals surface area (Å²) in [5.74, 6) is 0.0539. The number of aryl methyl sites for hydroxylation is 1. The second-order valence-electron chi connectivity index (χ2n) is 10.1. The van der Waals surface area contributed by atoms with E-state index >= 15 is 0 Å². The summed E-state index contributed by atoms with van der Waals surface area (Å²) in [6.45, 7) is 15.0. The van der Waals surface area contributed by atoms with E-state index in [1.165, 1.54) is 0 Å². The highest BCUT2D eigenvalue weighted by Gasteiger charge is 2.49. The Labute approximate surface area is 190 Å². The van der Waals surface area contributed by atoms with E-state index in [2.05, 4.69) is 39.9 Å². The van der Waals surface area contributed by atoms with Crippen molar-refractivity contribution in [2.75, 3.05) is 11.4 Å². The number of hydrogen-bond donors (Lipinski definition) is 1. The second-order valence-corrected chi connectivity index (χ2v) is 10.5. The minimum Gasteiger partial charge on any atom is -0.354 e. The van der Waals surface area contributed by atoms with Crippen molar-refractivity contribution in [1.82, 2.24) is 15.1 Å². The Kier molecular flexibility index (Phi) is 6.25. The van der Waals surface area contributed by atoms with E-state index in [1.807, 2.05) is 32.0 Å². The fourth-order valence-electron chi connectivity index (χ4n) is 3.86. The lowest BCUT2D eigenvalue weighted by atomic mass is 9.91. The predicted octanol–water partition coefficient (Wildman–Crippen LogP) is 4.72. The van der Waals surface area contributed by atoms with Crippen LogP contribution in [0.15, 0.2) is 24.3 Å². The van der Waals surface area contributed by atoms with E-state index < -0.39 is 5.54 Å². The molecular formula is C24H33ClN4O2. The molecule has 3 rings (SSSR count). The number of nitrogens with one attached hydrogen (secondary N) is 1. The molecule has 31 heavy (non-hydrogen) atoms. The molecule has 1 aliphatic heterocycles. The number of benzene rings is 1. The zero-order valence-electron chi connectivity index (χ0n) is 19.5. The topological polar surface area (TPSA) is 67.2 Å². The van der Waals surface area contributed by atoms with Crippen LogP contribution in [0.2, 0.25) is 5.02 Å². The Balaban J connectivity index is 2.10. The molecule has 0 spiro atoms. The SMILES string of the molecule is Cc1cc(Cl)ccc1N1C(=O)c2cc(C(C)(C)C)nn2C[C@@]1(C)C(=O)NCCC(C)C. The number of anilines is 1. The molecule has 0 fully saturated rings.